The molecule has 20 heavy (non-hydrogen) atoms. The van der Waals surface area contributed by atoms with Crippen LogP contribution >= 0.6 is 15.9 Å². The largest absolute Gasteiger partial charge is 0.383 e. The Hall–Kier alpha value is -1.26. The molecular weight excluding hydrogens is 326 g/mol. The van der Waals surface area contributed by atoms with Crippen molar-refractivity contribution in [2.75, 3.05) is 0 Å². The van der Waals surface area contributed by atoms with E-state index in [-0.39, 0.29) is 5.56 Å². The summed E-state index contributed by atoms with van der Waals surface area (Å²) in [5.74, 6) is -1.49. The molecule has 2 aromatic rings. The molecule has 1 aliphatic rings. The molecule has 0 fully saturated rings. The van der Waals surface area contributed by atoms with E-state index < -0.39 is 17.7 Å². The predicted octanol–water partition coefficient (Wildman–Crippen LogP) is 4.30. The first kappa shape index (κ1) is 13.7. The predicted molar refractivity (Wildman–Crippen MR) is 76.6 cm³/mol. The maximum atomic E-state index is 13.9. The molecule has 3 rings (SSSR count). The van der Waals surface area contributed by atoms with Gasteiger partial charge < -0.3 is 5.11 Å². The molecule has 1 unspecified atom stereocenters. The normalized spacial score (nSPS) is 15.2. The molecule has 0 bridgehead atoms. The molecule has 1 aliphatic carbocycles. The van der Waals surface area contributed by atoms with E-state index in [0.717, 1.165) is 31.4 Å². The Morgan fingerprint density at radius 1 is 1.00 bits per heavy atom. The number of hydrogen-bond donors (Lipinski definition) is 1. The van der Waals surface area contributed by atoms with Gasteiger partial charge in [0.2, 0.25) is 0 Å². The van der Waals surface area contributed by atoms with Crippen LogP contribution in [0.3, 0.4) is 0 Å². The van der Waals surface area contributed by atoms with Gasteiger partial charge in [0, 0.05) is 4.47 Å². The van der Waals surface area contributed by atoms with Gasteiger partial charge in [0.25, 0.3) is 0 Å². The molecule has 0 saturated carbocycles. The van der Waals surface area contributed by atoms with E-state index in [2.05, 4.69) is 15.9 Å². The topological polar surface area (TPSA) is 20.2 Å². The Kier molecular flexibility index (Phi) is 3.61. The molecule has 4 heteroatoms. The minimum atomic E-state index is -1.28. The van der Waals surface area contributed by atoms with Crippen molar-refractivity contribution in [1.29, 1.82) is 0 Å². The van der Waals surface area contributed by atoms with Crippen LogP contribution in [-0.2, 0) is 12.8 Å². The van der Waals surface area contributed by atoms with E-state index >= 15 is 0 Å². The highest BCUT2D eigenvalue weighted by Gasteiger charge is 2.22. The van der Waals surface area contributed by atoms with Crippen molar-refractivity contribution >= 4 is 15.9 Å². The van der Waals surface area contributed by atoms with Gasteiger partial charge in [-0.05, 0) is 48.1 Å². The fourth-order valence-electron chi connectivity index (χ4n) is 2.74. The molecule has 1 N–H and O–H groups in total. The van der Waals surface area contributed by atoms with Crippen molar-refractivity contribution in [3.05, 3.63) is 68.7 Å². The van der Waals surface area contributed by atoms with Gasteiger partial charge in [0.05, 0.1) is 5.56 Å². The molecule has 0 heterocycles. The fraction of sp³-hybridized carbons (Fsp3) is 0.250. The van der Waals surface area contributed by atoms with E-state index in [9.17, 15) is 13.9 Å². The minimum Gasteiger partial charge on any atom is -0.383 e. The summed E-state index contributed by atoms with van der Waals surface area (Å²) >= 11 is 3.03. The van der Waals surface area contributed by atoms with Gasteiger partial charge in [-0.15, -0.1) is 0 Å². The first-order valence-electron chi connectivity index (χ1n) is 6.50. The number of hydrogen-bond acceptors (Lipinski definition) is 1. The summed E-state index contributed by atoms with van der Waals surface area (Å²) in [6.45, 7) is 0. The van der Waals surface area contributed by atoms with Crippen LogP contribution in [0.25, 0.3) is 0 Å². The number of fused-ring (bicyclic) bond motifs is 1. The van der Waals surface area contributed by atoms with Crippen molar-refractivity contribution in [3.63, 3.8) is 0 Å². The monoisotopic (exact) mass is 338 g/mol. The highest BCUT2D eigenvalue weighted by atomic mass is 79.9. The smallest absolute Gasteiger partial charge is 0.133 e. The Morgan fingerprint density at radius 3 is 2.35 bits per heavy atom. The number of aliphatic hydroxyl groups is 1. The second-order valence-corrected chi connectivity index (χ2v) is 5.98. The maximum absolute atomic E-state index is 13.9. The fourth-order valence-corrected chi connectivity index (χ4v) is 3.15. The van der Waals surface area contributed by atoms with Gasteiger partial charge in [-0.1, -0.05) is 34.1 Å². The molecule has 2 aromatic carbocycles. The Balaban J connectivity index is 2.03. The lowest BCUT2D eigenvalue weighted by molar-refractivity contribution is 0.209. The molecule has 0 spiro atoms. The van der Waals surface area contributed by atoms with Crippen molar-refractivity contribution in [2.24, 2.45) is 0 Å². The van der Waals surface area contributed by atoms with Crippen LogP contribution < -0.4 is 0 Å². The molecule has 0 radical (unpaired) electrons. The van der Waals surface area contributed by atoms with Crippen LogP contribution in [0.2, 0.25) is 0 Å². The average molecular weight is 339 g/mol. The van der Waals surface area contributed by atoms with Gasteiger partial charge in [0.1, 0.15) is 17.7 Å². The van der Waals surface area contributed by atoms with Crippen LogP contribution in [0.15, 0.2) is 34.8 Å². The van der Waals surface area contributed by atoms with E-state index in [4.69, 9.17) is 0 Å². The van der Waals surface area contributed by atoms with Crippen LogP contribution in [0, 0.1) is 11.6 Å². The van der Waals surface area contributed by atoms with E-state index in [1.165, 1.54) is 11.1 Å². The van der Waals surface area contributed by atoms with Crippen LogP contribution in [-0.4, -0.2) is 5.11 Å². The van der Waals surface area contributed by atoms with Crippen LogP contribution in [0.1, 0.15) is 34.8 Å². The quantitative estimate of drug-likeness (QED) is 0.865. The van der Waals surface area contributed by atoms with E-state index in [1.54, 1.807) is 6.07 Å². The molecule has 104 valence electrons. The zero-order valence-corrected chi connectivity index (χ0v) is 12.3. The molecule has 1 nitrogen and oxygen atoms in total. The molecular formula is C16H13BrF2O. The summed E-state index contributed by atoms with van der Waals surface area (Å²) in [6.07, 6.45) is 1.80. The first-order valence-corrected chi connectivity index (χ1v) is 7.30. The third-order valence-electron chi connectivity index (χ3n) is 3.76. The summed E-state index contributed by atoms with van der Waals surface area (Å²) in [4.78, 5) is 0. The van der Waals surface area contributed by atoms with Crippen molar-refractivity contribution < 1.29 is 13.9 Å². The number of benzene rings is 2. The lowest BCUT2D eigenvalue weighted by Gasteiger charge is -2.15. The molecule has 1 atom stereocenters. The lowest BCUT2D eigenvalue weighted by Crippen LogP contribution is -2.06. The molecule has 0 amide bonds. The Bertz CT molecular complexity index is 647. The van der Waals surface area contributed by atoms with Crippen molar-refractivity contribution in [3.8, 4) is 0 Å². The van der Waals surface area contributed by atoms with Crippen LogP contribution in [0.4, 0.5) is 8.78 Å². The number of aliphatic hydroxyl groups excluding tert-OH is 1. The van der Waals surface area contributed by atoms with Gasteiger partial charge >= 0.3 is 0 Å². The highest BCUT2D eigenvalue weighted by Crippen LogP contribution is 2.32. The summed E-state index contributed by atoms with van der Waals surface area (Å²) < 4.78 is 28.1. The average Bonchev–Trinajstić information content (AvgIpc) is 2.84. The van der Waals surface area contributed by atoms with Crippen molar-refractivity contribution in [1.82, 2.24) is 0 Å². The lowest BCUT2D eigenvalue weighted by atomic mass is 9.97. The van der Waals surface area contributed by atoms with E-state index in [1.807, 2.05) is 12.1 Å². The Morgan fingerprint density at radius 2 is 1.65 bits per heavy atom. The van der Waals surface area contributed by atoms with Gasteiger partial charge in [0.15, 0.2) is 0 Å². The summed E-state index contributed by atoms with van der Waals surface area (Å²) in [5, 5.41) is 10.3. The SMILES string of the molecule is OC(c1ccc2c(c1)CCC2)c1c(F)cc(Br)cc1F. The van der Waals surface area contributed by atoms with Gasteiger partial charge in [-0.2, -0.15) is 0 Å². The van der Waals surface area contributed by atoms with E-state index in [0.29, 0.717) is 10.0 Å². The standard InChI is InChI=1S/C16H13BrF2O/c17-12-7-13(18)15(14(19)8-12)16(20)11-5-4-9-2-1-3-10(9)6-11/h4-8,16,20H,1-3H2. The van der Waals surface area contributed by atoms with Crippen molar-refractivity contribution in [2.45, 2.75) is 25.4 Å². The summed E-state index contributed by atoms with van der Waals surface area (Å²) in [6, 6.07) is 7.86. The second kappa shape index (κ2) is 5.26. The molecule has 0 aromatic heterocycles. The summed E-state index contributed by atoms with van der Waals surface area (Å²) in [5.41, 5.74) is 2.66. The minimum absolute atomic E-state index is 0.300. The first-order chi connectivity index (χ1) is 9.56. The third kappa shape index (κ3) is 2.38. The number of aryl methyl sites for hydroxylation is 2. The van der Waals surface area contributed by atoms with Gasteiger partial charge in [-0.25, -0.2) is 8.78 Å². The number of halogens is 3. The Labute approximate surface area is 124 Å². The van der Waals surface area contributed by atoms with Gasteiger partial charge in [-0.3, -0.25) is 0 Å². The second-order valence-electron chi connectivity index (χ2n) is 5.07. The third-order valence-corrected chi connectivity index (χ3v) is 4.21. The summed E-state index contributed by atoms with van der Waals surface area (Å²) in [7, 11) is 0. The zero-order valence-electron chi connectivity index (χ0n) is 10.7. The maximum Gasteiger partial charge on any atom is 0.133 e. The van der Waals surface area contributed by atoms with Crippen LogP contribution in [0.5, 0.6) is 0 Å². The number of rotatable bonds is 2. The molecule has 0 saturated heterocycles. The highest BCUT2D eigenvalue weighted by molar-refractivity contribution is 9.10. The zero-order chi connectivity index (χ0) is 14.3. The molecule has 0 aliphatic heterocycles.